The summed E-state index contributed by atoms with van der Waals surface area (Å²) < 4.78 is 18.8. The molecule has 0 aromatic heterocycles. The summed E-state index contributed by atoms with van der Waals surface area (Å²) in [6.45, 7) is 0. The summed E-state index contributed by atoms with van der Waals surface area (Å²) >= 11 is 12.6. The molecule has 1 unspecified atom stereocenters. The predicted molar refractivity (Wildman–Crippen MR) is 130 cm³/mol. The molecule has 172 valence electrons. The normalized spacial score (nSPS) is 13.0. The zero-order chi connectivity index (χ0) is 23.5. The van der Waals surface area contributed by atoms with Gasteiger partial charge in [0.15, 0.2) is 11.5 Å². The fourth-order valence-electron chi connectivity index (χ4n) is 3.50. The third kappa shape index (κ3) is 4.50. The number of rotatable bonds is 8. The number of nitrogens with zero attached hydrogens (tertiary/aromatic N) is 1. The van der Waals surface area contributed by atoms with Gasteiger partial charge in [-0.1, -0.05) is 52.2 Å². The van der Waals surface area contributed by atoms with E-state index < -0.39 is 16.9 Å². The van der Waals surface area contributed by atoms with Gasteiger partial charge in [-0.05, 0) is 36.4 Å². The Bertz CT molecular complexity index is 1090. The Morgan fingerprint density at radius 2 is 1.59 bits per heavy atom. The minimum Gasteiger partial charge on any atom is -0.504 e. The van der Waals surface area contributed by atoms with Crippen molar-refractivity contribution < 1.29 is 23.3 Å². The Hall–Kier alpha value is -2.13. The zero-order valence-corrected chi connectivity index (χ0v) is 20.4. The number of benzene rings is 3. The molecule has 1 atom stereocenters. The maximum atomic E-state index is 11.2. The van der Waals surface area contributed by atoms with Gasteiger partial charge in [0.2, 0.25) is 0 Å². The number of aliphatic hydroxyl groups excluding tert-OH is 1. The van der Waals surface area contributed by atoms with Gasteiger partial charge in [0.1, 0.15) is 6.10 Å². The number of hydrogen-bond acceptors (Lipinski definition) is 6. The second-order valence-corrected chi connectivity index (χ2v) is 10.2. The lowest BCUT2D eigenvalue weighted by atomic mass is 10.00. The summed E-state index contributed by atoms with van der Waals surface area (Å²) in [5, 5.41) is 22.5. The van der Waals surface area contributed by atoms with Gasteiger partial charge in [-0.15, -0.1) is 0 Å². The van der Waals surface area contributed by atoms with Crippen LogP contribution in [0.15, 0.2) is 65.6 Å². The van der Waals surface area contributed by atoms with E-state index in [9.17, 15) is 10.2 Å². The van der Waals surface area contributed by atoms with E-state index in [1.165, 1.54) is 27.4 Å². The van der Waals surface area contributed by atoms with E-state index in [1.54, 1.807) is 66.0 Å². The molecular formula is C23H25Cl2NO5S. The van der Waals surface area contributed by atoms with Crippen LogP contribution in [0, 0.1) is 0 Å². The highest BCUT2D eigenvalue weighted by Crippen LogP contribution is 2.62. The van der Waals surface area contributed by atoms with Crippen molar-refractivity contribution in [2.45, 2.75) is 11.0 Å². The zero-order valence-electron chi connectivity index (χ0n) is 18.1. The average Bonchev–Trinajstić information content (AvgIpc) is 2.80. The van der Waals surface area contributed by atoms with Crippen LogP contribution in [0.1, 0.15) is 17.2 Å². The quantitative estimate of drug-likeness (QED) is 0.390. The van der Waals surface area contributed by atoms with Crippen LogP contribution in [-0.2, 0) is 8.37 Å². The monoisotopic (exact) mass is 497 g/mol. The van der Waals surface area contributed by atoms with E-state index in [-0.39, 0.29) is 5.75 Å². The van der Waals surface area contributed by atoms with Crippen molar-refractivity contribution in [3.05, 3.63) is 81.8 Å². The molecule has 0 bridgehead atoms. The first-order valence-electron chi connectivity index (χ1n) is 9.56. The summed E-state index contributed by atoms with van der Waals surface area (Å²) in [6.07, 6.45) is -1.05. The number of phenolic OH excluding ortho intramolecular Hbond substituents is 1. The minimum atomic E-state index is -2.56. The Morgan fingerprint density at radius 1 is 0.906 bits per heavy atom. The second-order valence-electron chi connectivity index (χ2n) is 6.77. The Labute approximate surface area is 199 Å². The van der Waals surface area contributed by atoms with E-state index in [1.807, 2.05) is 0 Å². The average molecular weight is 498 g/mol. The molecular weight excluding hydrogens is 473 g/mol. The number of ether oxygens (including phenoxy) is 1. The molecule has 0 spiro atoms. The molecule has 0 radical (unpaired) electrons. The van der Waals surface area contributed by atoms with Gasteiger partial charge >= 0.3 is 0 Å². The van der Waals surface area contributed by atoms with Gasteiger partial charge in [-0.2, -0.15) is 0 Å². The van der Waals surface area contributed by atoms with Crippen LogP contribution in [0.4, 0.5) is 5.69 Å². The number of methoxy groups -OCH3 is 1. The largest absolute Gasteiger partial charge is 0.504 e. The fraction of sp³-hybridized carbons (Fsp3) is 0.217. The van der Waals surface area contributed by atoms with Crippen LogP contribution in [0.25, 0.3) is 0 Å². The van der Waals surface area contributed by atoms with Crippen LogP contribution >= 0.6 is 34.0 Å². The SMILES string of the molecule is COc1ccc(S(OC)(OC)N(C)c2ccc(Cl)cc2C(O)c2ccccc2Cl)cc1O. The van der Waals surface area contributed by atoms with E-state index in [0.29, 0.717) is 37.5 Å². The standard InChI is InChI=1S/C23H25Cl2NO5S/c1-26(32(30-3,31-4)16-10-12-22(29-2)21(27)14-16)20-11-9-15(24)13-18(20)23(28)17-7-5-6-8-19(17)25/h5-14,23,27-28H,1-4H3. The first-order valence-corrected chi connectivity index (χ1v) is 11.8. The Balaban J connectivity index is 2.15. The van der Waals surface area contributed by atoms with Crippen molar-refractivity contribution in [3.8, 4) is 11.5 Å². The van der Waals surface area contributed by atoms with Gasteiger partial charge in [0.05, 0.1) is 31.9 Å². The lowest BCUT2D eigenvalue weighted by Gasteiger charge is -2.49. The Morgan fingerprint density at radius 3 is 2.19 bits per heavy atom. The number of aromatic hydroxyl groups is 1. The smallest absolute Gasteiger partial charge is 0.160 e. The molecule has 0 fully saturated rings. The summed E-state index contributed by atoms with van der Waals surface area (Å²) in [4.78, 5) is 0.594. The molecule has 3 aromatic carbocycles. The highest BCUT2D eigenvalue weighted by molar-refractivity contribution is 8.27. The van der Waals surface area contributed by atoms with E-state index in [2.05, 4.69) is 0 Å². The summed E-state index contributed by atoms with van der Waals surface area (Å²) in [6, 6.07) is 17.2. The fourth-order valence-corrected chi connectivity index (χ4v) is 6.13. The lowest BCUT2D eigenvalue weighted by Crippen LogP contribution is -2.28. The highest BCUT2D eigenvalue weighted by atomic mass is 35.5. The molecule has 6 nitrogen and oxygen atoms in total. The van der Waals surface area contributed by atoms with Crippen molar-refractivity contribution >= 4 is 39.7 Å². The van der Waals surface area contributed by atoms with Crippen LogP contribution in [0.5, 0.6) is 11.5 Å². The maximum absolute atomic E-state index is 11.2. The number of anilines is 1. The third-order valence-electron chi connectivity index (χ3n) is 5.08. The van der Waals surface area contributed by atoms with Crippen LogP contribution in [0.3, 0.4) is 0 Å². The second kappa shape index (κ2) is 10.2. The number of aliphatic hydroxyl groups is 1. The van der Waals surface area contributed by atoms with Crippen molar-refractivity contribution in [3.63, 3.8) is 0 Å². The minimum absolute atomic E-state index is 0.0446. The van der Waals surface area contributed by atoms with Crippen molar-refractivity contribution in [1.29, 1.82) is 0 Å². The molecule has 0 heterocycles. The Kier molecular flexibility index (Phi) is 7.82. The molecule has 0 amide bonds. The summed E-state index contributed by atoms with van der Waals surface area (Å²) in [5.74, 6) is 0.287. The summed E-state index contributed by atoms with van der Waals surface area (Å²) in [5.41, 5.74) is 1.69. The van der Waals surface area contributed by atoms with E-state index in [0.717, 1.165) is 0 Å². The highest BCUT2D eigenvalue weighted by Gasteiger charge is 2.32. The van der Waals surface area contributed by atoms with Gasteiger partial charge in [-0.25, -0.2) is 0 Å². The van der Waals surface area contributed by atoms with E-state index >= 15 is 0 Å². The first-order chi connectivity index (χ1) is 15.3. The third-order valence-corrected chi connectivity index (χ3v) is 8.33. The maximum Gasteiger partial charge on any atom is 0.160 e. The van der Waals surface area contributed by atoms with Crippen molar-refractivity contribution in [2.24, 2.45) is 0 Å². The van der Waals surface area contributed by atoms with Crippen LogP contribution in [0.2, 0.25) is 10.0 Å². The van der Waals surface area contributed by atoms with Crippen molar-refractivity contribution in [1.82, 2.24) is 0 Å². The molecule has 0 saturated carbocycles. The molecule has 3 aromatic rings. The topological polar surface area (TPSA) is 71.4 Å². The summed E-state index contributed by atoms with van der Waals surface area (Å²) in [7, 11) is 3.75. The molecule has 0 aliphatic rings. The van der Waals surface area contributed by atoms with Gasteiger partial charge in [0.25, 0.3) is 0 Å². The van der Waals surface area contributed by atoms with E-state index in [4.69, 9.17) is 36.3 Å². The first kappa shape index (κ1) is 24.5. The van der Waals surface area contributed by atoms with Crippen LogP contribution < -0.4 is 9.04 Å². The molecule has 0 aliphatic carbocycles. The van der Waals surface area contributed by atoms with Crippen molar-refractivity contribution in [2.75, 3.05) is 32.7 Å². The van der Waals surface area contributed by atoms with Gasteiger partial charge in [0, 0.05) is 34.3 Å². The number of phenols is 1. The molecule has 3 rings (SSSR count). The number of hydrogen-bond donors (Lipinski definition) is 2. The van der Waals surface area contributed by atoms with Gasteiger partial charge < -0.3 is 14.9 Å². The van der Waals surface area contributed by atoms with Gasteiger partial charge in [-0.3, -0.25) is 12.7 Å². The number of halogens is 2. The molecule has 0 saturated heterocycles. The molecule has 32 heavy (non-hydrogen) atoms. The molecule has 2 N–H and O–H groups in total. The predicted octanol–water partition coefficient (Wildman–Crippen LogP) is 6.13. The van der Waals surface area contributed by atoms with Crippen LogP contribution in [-0.4, -0.2) is 38.6 Å². The molecule has 9 heteroatoms. The lowest BCUT2D eigenvalue weighted by molar-refractivity contribution is 0.221. The molecule has 0 aliphatic heterocycles.